The topological polar surface area (TPSA) is 28.2 Å². The van der Waals surface area contributed by atoms with Crippen molar-refractivity contribution in [3.63, 3.8) is 0 Å². The van der Waals surface area contributed by atoms with Gasteiger partial charge in [-0.05, 0) is 6.42 Å². The van der Waals surface area contributed by atoms with Gasteiger partial charge in [0.05, 0.1) is 10.0 Å². The average Bonchev–Trinajstić information content (AvgIpc) is 2.46. The first kappa shape index (κ1) is 18.1. The molecule has 124 valence electrons. The van der Waals surface area contributed by atoms with Gasteiger partial charge in [0, 0.05) is 50.4 Å². The van der Waals surface area contributed by atoms with Crippen LogP contribution in [0, 0.1) is 0 Å². The maximum atomic E-state index is 12.6. The predicted molar refractivity (Wildman–Crippen MR) is 81.7 cm³/mol. The zero-order chi connectivity index (χ0) is 16.3. The molecule has 0 amide bonds. The molecule has 1 fully saturated rings. The second-order valence-electron chi connectivity index (χ2n) is 5.08. The van der Waals surface area contributed by atoms with Gasteiger partial charge in [0.25, 0.3) is 0 Å². The molecule has 2 heterocycles. The van der Waals surface area contributed by atoms with Crippen LogP contribution in [0.5, 0.6) is 0 Å². The summed E-state index contributed by atoms with van der Waals surface area (Å²) in [5, 5.41) is 3.58. The van der Waals surface area contributed by atoms with Crippen LogP contribution in [0.25, 0.3) is 0 Å². The molecule has 0 unspecified atom stereocenters. The molecule has 2 rings (SSSR count). The number of halogens is 6. The van der Waals surface area contributed by atoms with E-state index in [4.69, 9.17) is 34.8 Å². The van der Waals surface area contributed by atoms with Gasteiger partial charge in [-0.15, -0.1) is 0 Å². The second kappa shape index (κ2) is 7.53. The molecule has 1 atom stereocenters. The zero-order valence-corrected chi connectivity index (χ0v) is 13.8. The van der Waals surface area contributed by atoms with Crippen LogP contribution in [0.3, 0.4) is 0 Å². The Morgan fingerprint density at radius 2 is 1.86 bits per heavy atom. The van der Waals surface area contributed by atoms with E-state index in [1.165, 1.54) is 6.20 Å². The third-order valence-corrected chi connectivity index (χ3v) is 4.66. The van der Waals surface area contributed by atoms with Gasteiger partial charge in [-0.2, -0.15) is 13.2 Å². The Morgan fingerprint density at radius 3 is 2.45 bits per heavy atom. The fourth-order valence-electron chi connectivity index (χ4n) is 2.56. The summed E-state index contributed by atoms with van der Waals surface area (Å²) < 4.78 is 37.9. The molecule has 1 aromatic rings. The maximum Gasteiger partial charge on any atom is 0.389 e. The number of aromatic nitrogens is 1. The van der Waals surface area contributed by atoms with Gasteiger partial charge >= 0.3 is 6.18 Å². The highest BCUT2D eigenvalue weighted by atomic mass is 35.5. The van der Waals surface area contributed by atoms with Crippen molar-refractivity contribution in [2.75, 3.05) is 26.2 Å². The van der Waals surface area contributed by atoms with E-state index in [1.807, 2.05) is 4.90 Å². The van der Waals surface area contributed by atoms with Crippen molar-refractivity contribution in [1.29, 1.82) is 0 Å². The van der Waals surface area contributed by atoms with Crippen molar-refractivity contribution in [1.82, 2.24) is 15.2 Å². The Morgan fingerprint density at radius 1 is 1.23 bits per heavy atom. The highest BCUT2D eigenvalue weighted by Crippen LogP contribution is 2.40. The molecule has 1 aliphatic heterocycles. The smallest absolute Gasteiger partial charge is 0.314 e. The molecule has 1 N–H and O–H groups in total. The Bertz CT molecular complexity index is 519. The largest absolute Gasteiger partial charge is 0.389 e. The van der Waals surface area contributed by atoms with E-state index in [9.17, 15) is 13.2 Å². The van der Waals surface area contributed by atoms with Crippen molar-refractivity contribution in [2.45, 2.75) is 25.1 Å². The number of hydrogen-bond donors (Lipinski definition) is 1. The van der Waals surface area contributed by atoms with E-state index >= 15 is 0 Å². The summed E-state index contributed by atoms with van der Waals surface area (Å²) >= 11 is 18.2. The van der Waals surface area contributed by atoms with E-state index in [0.29, 0.717) is 31.7 Å². The van der Waals surface area contributed by atoms with Gasteiger partial charge in [0.2, 0.25) is 0 Å². The number of rotatable bonds is 4. The summed E-state index contributed by atoms with van der Waals surface area (Å²) in [6, 6.07) is -0.538. The summed E-state index contributed by atoms with van der Waals surface area (Å²) in [6.45, 7) is 2.65. The molecule has 0 spiro atoms. The van der Waals surface area contributed by atoms with Crippen molar-refractivity contribution < 1.29 is 13.2 Å². The van der Waals surface area contributed by atoms with Crippen LogP contribution < -0.4 is 5.32 Å². The van der Waals surface area contributed by atoms with Crippen molar-refractivity contribution >= 4 is 34.8 Å². The lowest BCUT2D eigenvalue weighted by Gasteiger charge is -2.36. The van der Waals surface area contributed by atoms with Crippen molar-refractivity contribution in [3.05, 3.63) is 27.0 Å². The first-order valence-corrected chi connectivity index (χ1v) is 7.94. The molecule has 1 saturated heterocycles. The van der Waals surface area contributed by atoms with Gasteiger partial charge in [0.15, 0.2) is 0 Å². The van der Waals surface area contributed by atoms with Gasteiger partial charge in [-0.25, -0.2) is 4.98 Å². The fraction of sp³-hybridized carbons (Fsp3) is 0.615. The standard InChI is InChI=1S/C13H15Cl3F3N3/c14-8-7-21-12(16)11(15)10(8)9(1-2-13(17,18)19)22-5-3-20-4-6-22/h7,9,20H,1-6H2/t9-/m0/s1. The lowest BCUT2D eigenvalue weighted by molar-refractivity contribution is -0.138. The molecule has 0 aromatic carbocycles. The number of nitrogens with one attached hydrogen (secondary N) is 1. The fourth-order valence-corrected chi connectivity index (χ4v) is 3.31. The monoisotopic (exact) mass is 375 g/mol. The molecule has 0 saturated carbocycles. The lowest BCUT2D eigenvalue weighted by Crippen LogP contribution is -2.45. The Balaban J connectivity index is 2.32. The minimum atomic E-state index is -4.23. The SMILES string of the molecule is FC(F)(F)CC[C@@H](c1c(Cl)cnc(Cl)c1Cl)N1CCNCC1. The normalized spacial score (nSPS) is 18.5. The van der Waals surface area contributed by atoms with Gasteiger partial charge < -0.3 is 5.32 Å². The van der Waals surface area contributed by atoms with Crippen LogP contribution in [0.15, 0.2) is 6.20 Å². The molecule has 0 bridgehead atoms. The van der Waals surface area contributed by atoms with Crippen molar-refractivity contribution in [3.8, 4) is 0 Å². The van der Waals surface area contributed by atoms with Gasteiger partial charge in [-0.1, -0.05) is 34.8 Å². The third kappa shape index (κ3) is 4.61. The van der Waals surface area contributed by atoms with Crippen LogP contribution in [0.4, 0.5) is 13.2 Å². The average molecular weight is 377 g/mol. The predicted octanol–water partition coefficient (Wildman–Crippen LogP) is 4.33. The summed E-state index contributed by atoms with van der Waals surface area (Å²) in [5.74, 6) is 0. The van der Waals surface area contributed by atoms with Crippen LogP contribution in [0.1, 0.15) is 24.4 Å². The first-order chi connectivity index (χ1) is 10.3. The second-order valence-corrected chi connectivity index (χ2v) is 6.22. The summed E-state index contributed by atoms with van der Waals surface area (Å²) in [6.07, 6.45) is -3.94. The van der Waals surface area contributed by atoms with Gasteiger partial charge in [0.1, 0.15) is 5.15 Å². The highest BCUT2D eigenvalue weighted by Gasteiger charge is 2.33. The summed E-state index contributed by atoms with van der Waals surface area (Å²) in [4.78, 5) is 5.77. The number of pyridine rings is 1. The lowest BCUT2D eigenvalue weighted by atomic mass is 10.00. The molecular weight excluding hydrogens is 362 g/mol. The molecule has 3 nitrogen and oxygen atoms in total. The molecule has 1 aromatic heterocycles. The minimum absolute atomic E-state index is 0.0493. The number of alkyl halides is 3. The number of piperazine rings is 1. The molecule has 0 aliphatic carbocycles. The number of hydrogen-bond acceptors (Lipinski definition) is 3. The summed E-state index contributed by atoms with van der Waals surface area (Å²) in [7, 11) is 0. The highest BCUT2D eigenvalue weighted by molar-refractivity contribution is 6.43. The van der Waals surface area contributed by atoms with Crippen LogP contribution in [0.2, 0.25) is 15.2 Å². The number of nitrogens with zero attached hydrogens (tertiary/aromatic N) is 2. The van der Waals surface area contributed by atoms with Crippen LogP contribution >= 0.6 is 34.8 Å². The Hall–Kier alpha value is -0.270. The van der Waals surface area contributed by atoms with E-state index in [1.54, 1.807) is 0 Å². The molecule has 9 heteroatoms. The minimum Gasteiger partial charge on any atom is -0.314 e. The Kier molecular flexibility index (Phi) is 6.19. The Labute approximate surface area is 141 Å². The molecular formula is C13H15Cl3F3N3. The van der Waals surface area contributed by atoms with E-state index in [2.05, 4.69) is 10.3 Å². The zero-order valence-electron chi connectivity index (χ0n) is 11.6. The van der Waals surface area contributed by atoms with E-state index < -0.39 is 18.6 Å². The van der Waals surface area contributed by atoms with Crippen molar-refractivity contribution in [2.24, 2.45) is 0 Å². The maximum absolute atomic E-state index is 12.6. The molecule has 1 aliphatic rings. The molecule has 0 radical (unpaired) electrons. The van der Waals surface area contributed by atoms with E-state index in [-0.39, 0.29) is 21.6 Å². The van der Waals surface area contributed by atoms with Crippen LogP contribution in [-0.2, 0) is 0 Å². The quantitative estimate of drug-likeness (QED) is 0.793. The van der Waals surface area contributed by atoms with Crippen LogP contribution in [-0.4, -0.2) is 42.2 Å². The summed E-state index contributed by atoms with van der Waals surface area (Å²) in [5.41, 5.74) is 0.425. The van der Waals surface area contributed by atoms with Gasteiger partial charge in [-0.3, -0.25) is 4.90 Å². The first-order valence-electron chi connectivity index (χ1n) is 6.80. The molecule has 22 heavy (non-hydrogen) atoms. The third-order valence-electron chi connectivity index (χ3n) is 3.59. The van der Waals surface area contributed by atoms with E-state index in [0.717, 1.165) is 0 Å².